The van der Waals surface area contributed by atoms with Gasteiger partial charge in [-0.25, -0.2) is 0 Å². The lowest BCUT2D eigenvalue weighted by Crippen LogP contribution is -2.21. The van der Waals surface area contributed by atoms with Crippen molar-refractivity contribution in [3.05, 3.63) is 0 Å². The zero-order chi connectivity index (χ0) is 12.2. The molecule has 0 saturated carbocycles. The lowest BCUT2D eigenvalue weighted by molar-refractivity contribution is -0.142. The van der Waals surface area contributed by atoms with Gasteiger partial charge in [0.05, 0.1) is 6.61 Å². The molecular formula is C12H23BrO2S. The third kappa shape index (κ3) is 8.45. The zero-order valence-electron chi connectivity index (χ0n) is 10.3. The molecule has 0 spiro atoms. The first-order chi connectivity index (χ1) is 7.76. The SMILES string of the molecule is CCCCSC(CCCCBr)C(=O)OCC. The summed E-state index contributed by atoms with van der Waals surface area (Å²) in [6.07, 6.45) is 5.53. The van der Waals surface area contributed by atoms with Crippen molar-refractivity contribution in [3.8, 4) is 0 Å². The first-order valence-corrected chi connectivity index (χ1v) is 8.27. The summed E-state index contributed by atoms with van der Waals surface area (Å²) in [6.45, 7) is 4.52. The molecule has 16 heavy (non-hydrogen) atoms. The van der Waals surface area contributed by atoms with Crippen molar-refractivity contribution < 1.29 is 9.53 Å². The van der Waals surface area contributed by atoms with Crippen LogP contribution in [0.1, 0.15) is 46.0 Å². The summed E-state index contributed by atoms with van der Waals surface area (Å²) in [5, 5.41) is 1.06. The van der Waals surface area contributed by atoms with Gasteiger partial charge in [-0.2, -0.15) is 0 Å². The number of halogens is 1. The van der Waals surface area contributed by atoms with E-state index in [4.69, 9.17) is 4.74 Å². The van der Waals surface area contributed by atoms with Gasteiger partial charge in [0.15, 0.2) is 0 Å². The van der Waals surface area contributed by atoms with E-state index in [9.17, 15) is 4.79 Å². The van der Waals surface area contributed by atoms with E-state index in [-0.39, 0.29) is 11.2 Å². The van der Waals surface area contributed by atoms with E-state index in [1.807, 2.05) is 6.92 Å². The number of hydrogen-bond acceptors (Lipinski definition) is 3. The maximum absolute atomic E-state index is 11.7. The first kappa shape index (κ1) is 16.3. The summed E-state index contributed by atoms with van der Waals surface area (Å²) in [7, 11) is 0. The molecule has 0 aromatic rings. The first-order valence-electron chi connectivity index (χ1n) is 6.10. The number of carbonyl (C=O) groups is 1. The van der Waals surface area contributed by atoms with Crippen LogP contribution in [0.4, 0.5) is 0 Å². The van der Waals surface area contributed by atoms with Crippen LogP contribution in [0.5, 0.6) is 0 Å². The molecule has 4 heteroatoms. The minimum absolute atomic E-state index is 0.0295. The van der Waals surface area contributed by atoms with Crippen LogP contribution in [0.25, 0.3) is 0 Å². The van der Waals surface area contributed by atoms with Crippen LogP contribution < -0.4 is 0 Å². The Bertz CT molecular complexity index is 166. The quantitative estimate of drug-likeness (QED) is 0.346. The molecule has 0 saturated heterocycles. The lowest BCUT2D eigenvalue weighted by atomic mass is 10.2. The number of hydrogen-bond donors (Lipinski definition) is 0. The van der Waals surface area contributed by atoms with Gasteiger partial charge in [0.2, 0.25) is 0 Å². The van der Waals surface area contributed by atoms with E-state index in [2.05, 4.69) is 22.9 Å². The second kappa shape index (κ2) is 11.8. The van der Waals surface area contributed by atoms with Crippen LogP contribution in [0, 0.1) is 0 Å². The largest absolute Gasteiger partial charge is 0.465 e. The summed E-state index contributed by atoms with van der Waals surface area (Å²) < 4.78 is 5.09. The molecular weight excluding hydrogens is 288 g/mol. The Hall–Kier alpha value is 0.300. The highest BCUT2D eigenvalue weighted by atomic mass is 79.9. The number of alkyl halides is 1. The van der Waals surface area contributed by atoms with Crippen molar-refractivity contribution in [2.75, 3.05) is 17.7 Å². The molecule has 0 radical (unpaired) electrons. The van der Waals surface area contributed by atoms with E-state index < -0.39 is 0 Å². The summed E-state index contributed by atoms with van der Waals surface area (Å²) in [4.78, 5) is 11.7. The Kier molecular flexibility index (Phi) is 12.0. The fourth-order valence-corrected chi connectivity index (χ4v) is 2.97. The highest BCUT2D eigenvalue weighted by molar-refractivity contribution is 9.09. The Labute approximate surface area is 112 Å². The summed E-state index contributed by atoms with van der Waals surface area (Å²) in [5.74, 6) is 1.03. The van der Waals surface area contributed by atoms with Crippen LogP contribution >= 0.6 is 27.7 Å². The molecule has 1 unspecified atom stereocenters. The molecule has 1 atom stereocenters. The van der Waals surface area contributed by atoms with Crippen LogP contribution in [-0.2, 0) is 9.53 Å². The monoisotopic (exact) mass is 310 g/mol. The van der Waals surface area contributed by atoms with Gasteiger partial charge in [-0.1, -0.05) is 35.7 Å². The van der Waals surface area contributed by atoms with Crippen LogP contribution in [-0.4, -0.2) is 28.9 Å². The van der Waals surface area contributed by atoms with Gasteiger partial charge in [0.25, 0.3) is 0 Å². The second-order valence-corrected chi connectivity index (χ2v) is 5.75. The van der Waals surface area contributed by atoms with Gasteiger partial charge < -0.3 is 4.74 Å². The highest BCUT2D eigenvalue weighted by Crippen LogP contribution is 2.20. The molecule has 0 bridgehead atoms. The molecule has 0 fully saturated rings. The maximum Gasteiger partial charge on any atom is 0.319 e. The topological polar surface area (TPSA) is 26.3 Å². The normalized spacial score (nSPS) is 12.4. The zero-order valence-corrected chi connectivity index (χ0v) is 12.7. The molecule has 0 aliphatic rings. The molecule has 0 aromatic heterocycles. The molecule has 0 rings (SSSR count). The third-order valence-electron chi connectivity index (χ3n) is 2.22. The lowest BCUT2D eigenvalue weighted by Gasteiger charge is -2.14. The Morgan fingerprint density at radius 1 is 1.31 bits per heavy atom. The van der Waals surface area contributed by atoms with Gasteiger partial charge in [-0.3, -0.25) is 4.79 Å². The van der Waals surface area contributed by atoms with E-state index in [1.54, 1.807) is 11.8 Å². The Morgan fingerprint density at radius 2 is 2.06 bits per heavy atom. The number of unbranched alkanes of at least 4 members (excludes halogenated alkanes) is 2. The van der Waals surface area contributed by atoms with Crippen LogP contribution in [0.2, 0.25) is 0 Å². The molecule has 0 aromatic carbocycles. The number of esters is 1. The number of thioether (sulfide) groups is 1. The molecule has 0 heterocycles. The smallest absolute Gasteiger partial charge is 0.319 e. The molecule has 0 aliphatic heterocycles. The standard InChI is InChI=1S/C12H23BrO2S/c1-3-5-10-16-11(8-6-7-9-13)12(14)15-4-2/h11H,3-10H2,1-2H3. The summed E-state index contributed by atoms with van der Waals surface area (Å²) >= 11 is 5.16. The summed E-state index contributed by atoms with van der Waals surface area (Å²) in [5.41, 5.74) is 0. The molecule has 0 amide bonds. The Balaban J connectivity index is 3.89. The fourth-order valence-electron chi connectivity index (χ4n) is 1.30. The van der Waals surface area contributed by atoms with Crippen molar-refractivity contribution in [3.63, 3.8) is 0 Å². The van der Waals surface area contributed by atoms with Gasteiger partial charge in [0.1, 0.15) is 5.25 Å². The molecule has 0 N–H and O–H groups in total. The molecule has 96 valence electrons. The average molecular weight is 311 g/mol. The Morgan fingerprint density at radius 3 is 2.62 bits per heavy atom. The molecule has 2 nitrogen and oxygen atoms in total. The van der Waals surface area contributed by atoms with Crippen molar-refractivity contribution in [2.45, 2.75) is 51.2 Å². The van der Waals surface area contributed by atoms with Crippen molar-refractivity contribution in [1.29, 1.82) is 0 Å². The number of carbonyl (C=O) groups excluding carboxylic acids is 1. The predicted molar refractivity (Wildman–Crippen MR) is 75.4 cm³/mol. The highest BCUT2D eigenvalue weighted by Gasteiger charge is 2.19. The van der Waals surface area contributed by atoms with E-state index in [1.165, 1.54) is 12.8 Å². The van der Waals surface area contributed by atoms with Crippen molar-refractivity contribution in [1.82, 2.24) is 0 Å². The van der Waals surface area contributed by atoms with E-state index >= 15 is 0 Å². The van der Waals surface area contributed by atoms with Gasteiger partial charge >= 0.3 is 5.97 Å². The van der Waals surface area contributed by atoms with Crippen LogP contribution in [0.15, 0.2) is 0 Å². The molecule has 0 aliphatic carbocycles. The number of rotatable bonds is 10. The third-order valence-corrected chi connectivity index (χ3v) is 4.13. The fraction of sp³-hybridized carbons (Fsp3) is 0.917. The van der Waals surface area contributed by atoms with Crippen molar-refractivity contribution in [2.24, 2.45) is 0 Å². The minimum atomic E-state index is -0.0295. The van der Waals surface area contributed by atoms with Gasteiger partial charge in [-0.15, -0.1) is 11.8 Å². The van der Waals surface area contributed by atoms with Gasteiger partial charge in [-0.05, 0) is 31.9 Å². The summed E-state index contributed by atoms with van der Waals surface area (Å²) in [6, 6.07) is 0. The van der Waals surface area contributed by atoms with E-state index in [0.717, 1.165) is 30.3 Å². The average Bonchev–Trinajstić information content (AvgIpc) is 2.28. The van der Waals surface area contributed by atoms with Crippen molar-refractivity contribution >= 4 is 33.7 Å². The minimum Gasteiger partial charge on any atom is -0.465 e. The predicted octanol–water partition coefficient (Wildman–Crippen LogP) is 4.02. The maximum atomic E-state index is 11.7. The number of ether oxygens (including phenoxy) is 1. The van der Waals surface area contributed by atoms with E-state index in [0.29, 0.717) is 6.61 Å². The van der Waals surface area contributed by atoms with Gasteiger partial charge in [0, 0.05) is 5.33 Å². The van der Waals surface area contributed by atoms with Crippen LogP contribution in [0.3, 0.4) is 0 Å². The second-order valence-electron chi connectivity index (χ2n) is 3.65.